The SMILES string of the molecule is COI1C(=O)c2c(N)c(N)c(N)c(N)c2OC1N. The van der Waals surface area contributed by atoms with Crippen molar-refractivity contribution in [2.75, 3.05) is 30.0 Å². The molecule has 1 unspecified atom stereocenters. The number of fused-ring (bicyclic) bond motifs is 1. The summed E-state index contributed by atoms with van der Waals surface area (Å²) in [5.74, 6) is 0.0994. The zero-order chi connectivity index (χ0) is 13.6. The fourth-order valence-electron chi connectivity index (χ4n) is 1.62. The fourth-order valence-corrected chi connectivity index (χ4v) is 4.63. The van der Waals surface area contributed by atoms with Crippen molar-refractivity contribution in [2.24, 2.45) is 5.73 Å². The van der Waals surface area contributed by atoms with Gasteiger partial charge in [-0.1, -0.05) is 0 Å². The molecule has 1 atom stereocenters. The van der Waals surface area contributed by atoms with E-state index in [1.807, 2.05) is 0 Å². The Morgan fingerprint density at radius 3 is 2.22 bits per heavy atom. The third-order valence-corrected chi connectivity index (χ3v) is 6.39. The first kappa shape index (κ1) is 13.0. The van der Waals surface area contributed by atoms with E-state index in [0.29, 0.717) is 0 Å². The van der Waals surface area contributed by atoms with Gasteiger partial charge < -0.3 is 0 Å². The van der Waals surface area contributed by atoms with Gasteiger partial charge in [0.15, 0.2) is 0 Å². The van der Waals surface area contributed by atoms with Gasteiger partial charge in [0.05, 0.1) is 0 Å². The Bertz CT molecular complexity index is 536. The summed E-state index contributed by atoms with van der Waals surface area (Å²) in [6.45, 7) is 0. The van der Waals surface area contributed by atoms with Crippen molar-refractivity contribution in [3.63, 3.8) is 0 Å². The molecule has 0 aliphatic carbocycles. The molecule has 100 valence electrons. The summed E-state index contributed by atoms with van der Waals surface area (Å²) in [7, 11) is 1.41. The van der Waals surface area contributed by atoms with Crippen LogP contribution in [0.1, 0.15) is 10.4 Å². The topological polar surface area (TPSA) is 166 Å². The van der Waals surface area contributed by atoms with Crippen molar-refractivity contribution in [1.29, 1.82) is 0 Å². The predicted octanol–water partition coefficient (Wildman–Crippen LogP) is -0.142. The second-order valence-corrected chi connectivity index (χ2v) is 8.19. The minimum absolute atomic E-state index is 0.0629. The van der Waals surface area contributed by atoms with Gasteiger partial charge in [-0.25, -0.2) is 0 Å². The molecule has 9 heteroatoms. The first-order valence-electron chi connectivity index (χ1n) is 4.85. The van der Waals surface area contributed by atoms with Crippen molar-refractivity contribution in [3.05, 3.63) is 5.56 Å². The van der Waals surface area contributed by atoms with Crippen LogP contribution in [0.3, 0.4) is 0 Å². The normalized spacial score (nSPS) is 20.4. The van der Waals surface area contributed by atoms with Gasteiger partial charge >= 0.3 is 111 Å². The van der Waals surface area contributed by atoms with E-state index in [1.165, 1.54) is 7.11 Å². The van der Waals surface area contributed by atoms with E-state index in [0.717, 1.165) is 0 Å². The first-order valence-corrected chi connectivity index (χ1v) is 8.06. The molecule has 1 heterocycles. The van der Waals surface area contributed by atoms with E-state index >= 15 is 0 Å². The number of ether oxygens (including phenoxy) is 1. The summed E-state index contributed by atoms with van der Waals surface area (Å²) in [6, 6.07) is 0. The van der Waals surface area contributed by atoms with Crippen molar-refractivity contribution in [3.8, 4) is 5.75 Å². The Balaban J connectivity index is 2.72. The van der Waals surface area contributed by atoms with Crippen molar-refractivity contribution < 1.29 is 12.6 Å². The summed E-state index contributed by atoms with van der Waals surface area (Å²) in [5, 5.41) is 0. The molecule has 1 aromatic rings. The van der Waals surface area contributed by atoms with Gasteiger partial charge in [0.1, 0.15) is 0 Å². The molecule has 1 aromatic carbocycles. The molecule has 8 nitrogen and oxygen atoms in total. The van der Waals surface area contributed by atoms with Crippen molar-refractivity contribution in [1.82, 2.24) is 0 Å². The maximum atomic E-state index is 12.2. The second kappa shape index (κ2) is 4.33. The number of carbonyl (C=O) groups is 1. The summed E-state index contributed by atoms with van der Waals surface area (Å²) in [4.78, 5) is 12.2. The molecule has 18 heavy (non-hydrogen) atoms. The van der Waals surface area contributed by atoms with Crippen LogP contribution in [-0.4, -0.2) is 15.1 Å². The second-order valence-electron chi connectivity index (χ2n) is 3.53. The molecule has 10 N–H and O–H groups in total. The van der Waals surface area contributed by atoms with Gasteiger partial charge in [0.25, 0.3) is 0 Å². The molecule has 0 radical (unpaired) electrons. The van der Waals surface area contributed by atoms with E-state index in [4.69, 9.17) is 36.5 Å². The molecule has 1 aliphatic heterocycles. The summed E-state index contributed by atoms with van der Waals surface area (Å²) in [6.07, 6.45) is 0. The Hall–Kier alpha value is -1.46. The number of hydrogen-bond donors (Lipinski definition) is 5. The molecule has 0 aromatic heterocycles. The van der Waals surface area contributed by atoms with Gasteiger partial charge in [-0.05, 0) is 0 Å². The van der Waals surface area contributed by atoms with Crippen LogP contribution >= 0.6 is 20.2 Å². The van der Waals surface area contributed by atoms with Gasteiger partial charge in [0, 0.05) is 0 Å². The predicted molar refractivity (Wildman–Crippen MR) is 78.1 cm³/mol. The zero-order valence-electron chi connectivity index (χ0n) is 9.57. The Morgan fingerprint density at radius 2 is 1.67 bits per heavy atom. The fraction of sp³-hybridized carbons (Fsp3) is 0.222. The molecular weight excluding hydrogens is 353 g/mol. The number of carbonyl (C=O) groups excluding carboxylic acids is 1. The van der Waals surface area contributed by atoms with Gasteiger partial charge in [-0.2, -0.15) is 0 Å². The molecule has 0 fully saturated rings. The molecule has 0 amide bonds. The molecular formula is C9H14IN5O3. The number of rotatable bonds is 1. The minimum atomic E-state index is -2.62. The van der Waals surface area contributed by atoms with E-state index in [-0.39, 0.29) is 37.9 Å². The van der Waals surface area contributed by atoms with Crippen LogP contribution in [0.15, 0.2) is 0 Å². The number of anilines is 4. The molecule has 0 spiro atoms. The van der Waals surface area contributed by atoms with Crippen LogP contribution in [0, 0.1) is 0 Å². The van der Waals surface area contributed by atoms with Crippen LogP contribution in [0.5, 0.6) is 5.75 Å². The number of hydrogen-bond acceptors (Lipinski definition) is 8. The molecule has 0 saturated heterocycles. The van der Waals surface area contributed by atoms with Crippen LogP contribution in [0.25, 0.3) is 0 Å². The molecule has 1 aliphatic rings. The molecule has 0 saturated carbocycles. The Kier molecular flexibility index (Phi) is 3.12. The van der Waals surface area contributed by atoms with Gasteiger partial charge in [-0.15, -0.1) is 0 Å². The van der Waals surface area contributed by atoms with E-state index in [9.17, 15) is 4.79 Å². The third-order valence-electron chi connectivity index (χ3n) is 2.57. The number of benzene rings is 1. The number of nitrogens with two attached hydrogens (primary N) is 5. The van der Waals surface area contributed by atoms with Crippen LogP contribution in [-0.2, 0) is 3.07 Å². The quantitative estimate of drug-likeness (QED) is 0.150. The third kappa shape index (κ3) is 1.62. The maximum absolute atomic E-state index is 12.2. The Morgan fingerprint density at radius 1 is 1.11 bits per heavy atom. The Labute approximate surface area is 111 Å². The standard InChI is InChI=1S/C9H14IN5O3/c1-17-10-8(16)2-3(11)4(12)5(13)6(14)7(2)18-9(10)15/h9H,11-15H2,1H3. The summed E-state index contributed by atoms with van der Waals surface area (Å²) in [5.41, 5.74) is 29.1. The van der Waals surface area contributed by atoms with Crippen LogP contribution in [0.2, 0.25) is 0 Å². The summed E-state index contributed by atoms with van der Waals surface area (Å²) < 4.78 is 9.45. The van der Waals surface area contributed by atoms with Crippen LogP contribution < -0.4 is 33.4 Å². The first-order chi connectivity index (χ1) is 8.40. The van der Waals surface area contributed by atoms with Crippen LogP contribution in [0.4, 0.5) is 22.7 Å². The summed E-state index contributed by atoms with van der Waals surface area (Å²) >= 11 is -2.62. The number of alkyl halides is 1. The average Bonchev–Trinajstić information content (AvgIpc) is 2.33. The van der Waals surface area contributed by atoms with E-state index in [1.54, 1.807) is 0 Å². The van der Waals surface area contributed by atoms with Crippen molar-refractivity contribution >= 4 is 46.8 Å². The monoisotopic (exact) mass is 367 g/mol. The average molecular weight is 367 g/mol. The van der Waals surface area contributed by atoms with Crippen molar-refractivity contribution in [2.45, 2.75) is 4.23 Å². The van der Waals surface area contributed by atoms with Gasteiger partial charge in [-0.3, -0.25) is 0 Å². The number of nitrogen functional groups attached to an aromatic ring is 4. The van der Waals surface area contributed by atoms with E-state index < -0.39 is 24.5 Å². The zero-order valence-corrected chi connectivity index (χ0v) is 11.7. The van der Waals surface area contributed by atoms with E-state index in [2.05, 4.69) is 0 Å². The molecule has 2 rings (SSSR count). The number of halogens is 1. The molecule has 0 bridgehead atoms. The van der Waals surface area contributed by atoms with Gasteiger partial charge in [0.2, 0.25) is 0 Å².